The average Bonchev–Trinajstić information content (AvgIpc) is 2.45. The molecule has 0 fully saturated rings. The Kier molecular flexibility index (Phi) is 7.92. The first kappa shape index (κ1) is 18.7. The van der Waals surface area contributed by atoms with Gasteiger partial charge in [-0.3, -0.25) is 0 Å². The second-order valence-corrected chi connectivity index (χ2v) is 8.81. The SMILES string of the molecule is CCSCCCOc1ccc(S(=O)(=O)Cl)cc1C(C)CC. The molecule has 6 heteroatoms. The van der Waals surface area contributed by atoms with Crippen molar-refractivity contribution in [3.05, 3.63) is 23.8 Å². The summed E-state index contributed by atoms with van der Waals surface area (Å²) in [7, 11) is 1.72. The number of hydrogen-bond donors (Lipinski definition) is 0. The Morgan fingerprint density at radius 2 is 2.05 bits per heavy atom. The highest BCUT2D eigenvalue weighted by Crippen LogP contribution is 2.32. The first-order valence-corrected chi connectivity index (χ1v) is 10.7. The lowest BCUT2D eigenvalue weighted by Crippen LogP contribution is -2.04. The maximum atomic E-state index is 11.5. The van der Waals surface area contributed by atoms with Crippen LogP contribution in [0.3, 0.4) is 0 Å². The van der Waals surface area contributed by atoms with Gasteiger partial charge in [-0.15, -0.1) is 0 Å². The quantitative estimate of drug-likeness (QED) is 0.480. The molecule has 1 rings (SSSR count). The van der Waals surface area contributed by atoms with Crippen LogP contribution >= 0.6 is 22.4 Å². The number of rotatable bonds is 9. The zero-order chi connectivity index (χ0) is 15.9. The first-order chi connectivity index (χ1) is 9.90. The Labute approximate surface area is 136 Å². The number of benzene rings is 1. The summed E-state index contributed by atoms with van der Waals surface area (Å²) in [6.07, 6.45) is 1.89. The van der Waals surface area contributed by atoms with E-state index in [0.29, 0.717) is 6.61 Å². The van der Waals surface area contributed by atoms with Gasteiger partial charge in [0.25, 0.3) is 9.05 Å². The largest absolute Gasteiger partial charge is 0.493 e. The molecule has 120 valence electrons. The predicted octanol–water partition coefficient (Wildman–Crippen LogP) is 4.65. The normalized spacial score (nSPS) is 13.1. The third-order valence-corrected chi connectivity index (χ3v) is 5.64. The molecule has 0 spiro atoms. The molecule has 1 unspecified atom stereocenters. The van der Waals surface area contributed by atoms with Gasteiger partial charge in [0.1, 0.15) is 5.75 Å². The van der Waals surface area contributed by atoms with Gasteiger partial charge in [0, 0.05) is 10.7 Å². The smallest absolute Gasteiger partial charge is 0.261 e. The highest BCUT2D eigenvalue weighted by Gasteiger charge is 2.16. The fourth-order valence-electron chi connectivity index (χ4n) is 1.90. The number of halogens is 1. The van der Waals surface area contributed by atoms with Crippen LogP contribution in [0.5, 0.6) is 5.75 Å². The van der Waals surface area contributed by atoms with E-state index in [1.807, 2.05) is 11.8 Å². The van der Waals surface area contributed by atoms with Crippen molar-refractivity contribution in [1.82, 2.24) is 0 Å². The van der Waals surface area contributed by atoms with Gasteiger partial charge in [-0.05, 0) is 54.0 Å². The molecular weight excluding hydrogens is 328 g/mol. The molecule has 0 aliphatic carbocycles. The molecule has 0 N–H and O–H groups in total. The summed E-state index contributed by atoms with van der Waals surface area (Å²) in [4.78, 5) is 0.133. The molecule has 0 radical (unpaired) electrons. The van der Waals surface area contributed by atoms with Crippen molar-refractivity contribution in [2.45, 2.75) is 44.4 Å². The minimum absolute atomic E-state index is 0.133. The van der Waals surface area contributed by atoms with Crippen molar-refractivity contribution in [1.29, 1.82) is 0 Å². The van der Waals surface area contributed by atoms with Crippen LogP contribution in [-0.2, 0) is 9.05 Å². The zero-order valence-electron chi connectivity index (χ0n) is 12.8. The molecule has 1 aromatic rings. The van der Waals surface area contributed by atoms with Crippen LogP contribution in [0.15, 0.2) is 23.1 Å². The molecule has 0 saturated heterocycles. The summed E-state index contributed by atoms with van der Waals surface area (Å²) < 4.78 is 28.7. The molecule has 21 heavy (non-hydrogen) atoms. The van der Waals surface area contributed by atoms with E-state index in [1.54, 1.807) is 12.1 Å². The molecule has 0 saturated carbocycles. The fourth-order valence-corrected chi connectivity index (χ4v) is 3.30. The predicted molar refractivity (Wildman–Crippen MR) is 91.3 cm³/mol. The van der Waals surface area contributed by atoms with Gasteiger partial charge in [0.05, 0.1) is 11.5 Å². The Morgan fingerprint density at radius 1 is 1.33 bits per heavy atom. The lowest BCUT2D eigenvalue weighted by molar-refractivity contribution is 0.313. The van der Waals surface area contributed by atoms with Gasteiger partial charge in [-0.2, -0.15) is 11.8 Å². The molecule has 0 aliphatic heterocycles. The maximum Gasteiger partial charge on any atom is 0.261 e. The molecule has 0 aliphatic rings. The van der Waals surface area contributed by atoms with Crippen molar-refractivity contribution < 1.29 is 13.2 Å². The topological polar surface area (TPSA) is 43.4 Å². The molecule has 1 aromatic carbocycles. The second kappa shape index (κ2) is 8.91. The Hall–Kier alpha value is -0.390. The van der Waals surface area contributed by atoms with E-state index in [2.05, 4.69) is 20.8 Å². The Bertz CT molecular complexity index is 544. The Balaban J connectivity index is 2.87. The van der Waals surface area contributed by atoms with E-state index in [9.17, 15) is 8.42 Å². The molecule has 0 amide bonds. The zero-order valence-corrected chi connectivity index (χ0v) is 15.2. The van der Waals surface area contributed by atoms with E-state index < -0.39 is 9.05 Å². The number of ether oxygens (including phenoxy) is 1. The van der Waals surface area contributed by atoms with E-state index in [4.69, 9.17) is 15.4 Å². The van der Waals surface area contributed by atoms with Crippen molar-refractivity contribution in [3.63, 3.8) is 0 Å². The van der Waals surface area contributed by atoms with Crippen molar-refractivity contribution in [2.75, 3.05) is 18.1 Å². The fraction of sp³-hybridized carbons (Fsp3) is 0.600. The van der Waals surface area contributed by atoms with E-state index in [-0.39, 0.29) is 10.8 Å². The minimum atomic E-state index is -3.70. The van der Waals surface area contributed by atoms with Crippen LogP contribution in [0.25, 0.3) is 0 Å². The summed E-state index contributed by atoms with van der Waals surface area (Å²) in [5.74, 6) is 3.17. The molecule has 0 aromatic heterocycles. The summed E-state index contributed by atoms with van der Waals surface area (Å²) in [5, 5.41) is 0. The van der Waals surface area contributed by atoms with Crippen LogP contribution in [0, 0.1) is 0 Å². The van der Waals surface area contributed by atoms with Crippen LogP contribution in [0.2, 0.25) is 0 Å². The van der Waals surface area contributed by atoms with Gasteiger partial charge in [-0.1, -0.05) is 20.8 Å². The summed E-state index contributed by atoms with van der Waals surface area (Å²) in [5.41, 5.74) is 0.905. The van der Waals surface area contributed by atoms with Gasteiger partial charge in [-0.25, -0.2) is 8.42 Å². The Morgan fingerprint density at radius 3 is 2.62 bits per heavy atom. The minimum Gasteiger partial charge on any atom is -0.493 e. The van der Waals surface area contributed by atoms with E-state index in [1.165, 1.54) is 6.07 Å². The van der Waals surface area contributed by atoms with Gasteiger partial charge < -0.3 is 4.74 Å². The summed E-state index contributed by atoms with van der Waals surface area (Å²) in [6.45, 7) is 6.90. The van der Waals surface area contributed by atoms with Crippen molar-refractivity contribution in [3.8, 4) is 5.75 Å². The molecular formula is C15H23ClO3S2. The van der Waals surface area contributed by atoms with Crippen LogP contribution in [-0.4, -0.2) is 26.5 Å². The maximum absolute atomic E-state index is 11.5. The lowest BCUT2D eigenvalue weighted by Gasteiger charge is -2.16. The van der Waals surface area contributed by atoms with Crippen LogP contribution < -0.4 is 4.74 Å². The molecule has 0 heterocycles. The number of thioether (sulfide) groups is 1. The van der Waals surface area contributed by atoms with Gasteiger partial charge in [0.15, 0.2) is 0 Å². The number of hydrogen-bond acceptors (Lipinski definition) is 4. The average molecular weight is 351 g/mol. The lowest BCUT2D eigenvalue weighted by atomic mass is 9.98. The molecule has 0 bridgehead atoms. The third kappa shape index (κ3) is 6.09. The highest BCUT2D eigenvalue weighted by molar-refractivity contribution is 8.13. The van der Waals surface area contributed by atoms with Gasteiger partial charge in [0.2, 0.25) is 0 Å². The molecule has 1 atom stereocenters. The van der Waals surface area contributed by atoms with Crippen LogP contribution in [0.1, 0.15) is 45.1 Å². The highest BCUT2D eigenvalue weighted by atomic mass is 35.7. The summed E-state index contributed by atoms with van der Waals surface area (Å²) >= 11 is 1.89. The van der Waals surface area contributed by atoms with Crippen molar-refractivity contribution in [2.24, 2.45) is 0 Å². The standard InChI is InChI=1S/C15H23ClO3S2/c1-4-12(3)14-11-13(21(16,17)18)7-8-15(14)19-9-6-10-20-5-2/h7-8,11-12H,4-6,9-10H2,1-3H3. The van der Waals surface area contributed by atoms with Gasteiger partial charge >= 0.3 is 0 Å². The van der Waals surface area contributed by atoms with E-state index in [0.717, 1.165) is 35.7 Å². The van der Waals surface area contributed by atoms with Crippen LogP contribution in [0.4, 0.5) is 0 Å². The third-order valence-electron chi connectivity index (χ3n) is 3.30. The van der Waals surface area contributed by atoms with Crippen molar-refractivity contribution >= 4 is 31.5 Å². The monoisotopic (exact) mass is 350 g/mol. The summed E-state index contributed by atoms with van der Waals surface area (Å²) in [6, 6.07) is 4.85. The van der Waals surface area contributed by atoms with E-state index >= 15 is 0 Å². The molecule has 3 nitrogen and oxygen atoms in total. The first-order valence-electron chi connectivity index (χ1n) is 7.19. The second-order valence-electron chi connectivity index (χ2n) is 4.85.